The third-order valence-corrected chi connectivity index (χ3v) is 2.27. The van der Waals surface area contributed by atoms with Crippen LogP contribution in [0.1, 0.15) is 12.8 Å². The fourth-order valence-corrected chi connectivity index (χ4v) is 1.70. The molecule has 0 aromatic carbocycles. The van der Waals surface area contributed by atoms with E-state index in [9.17, 15) is 0 Å². The van der Waals surface area contributed by atoms with Crippen LogP contribution < -0.4 is 0 Å². The molecule has 0 unspecified atom stereocenters. The molecule has 0 amide bonds. The van der Waals surface area contributed by atoms with Gasteiger partial charge in [0.2, 0.25) is 5.96 Å². The second kappa shape index (κ2) is 3.08. The van der Waals surface area contributed by atoms with E-state index >= 15 is 0 Å². The SMILES string of the molecule is N=NN1CCCN2CCCN=C21. The lowest BCUT2D eigenvalue weighted by molar-refractivity contribution is 0.237. The summed E-state index contributed by atoms with van der Waals surface area (Å²) >= 11 is 0. The van der Waals surface area contributed by atoms with Gasteiger partial charge in [-0.3, -0.25) is 4.99 Å². The molecule has 2 rings (SSSR count). The average molecular weight is 167 g/mol. The van der Waals surface area contributed by atoms with E-state index in [0.717, 1.165) is 45.0 Å². The Labute approximate surface area is 71.5 Å². The highest BCUT2D eigenvalue weighted by atomic mass is 15.6. The summed E-state index contributed by atoms with van der Waals surface area (Å²) in [7, 11) is 0. The molecular weight excluding hydrogens is 154 g/mol. The van der Waals surface area contributed by atoms with Gasteiger partial charge in [0.05, 0.1) is 0 Å². The van der Waals surface area contributed by atoms with Crippen LogP contribution in [0.4, 0.5) is 0 Å². The van der Waals surface area contributed by atoms with Crippen LogP contribution in [-0.4, -0.2) is 42.0 Å². The summed E-state index contributed by atoms with van der Waals surface area (Å²) in [6, 6.07) is 0. The lowest BCUT2D eigenvalue weighted by atomic mass is 10.2. The summed E-state index contributed by atoms with van der Waals surface area (Å²) in [5.41, 5.74) is 6.96. The molecule has 1 fully saturated rings. The van der Waals surface area contributed by atoms with E-state index in [1.807, 2.05) is 0 Å². The number of guanidine groups is 1. The molecule has 1 N–H and O–H groups in total. The first kappa shape index (κ1) is 7.52. The quantitative estimate of drug-likeness (QED) is 0.584. The zero-order valence-electron chi connectivity index (χ0n) is 7.03. The van der Waals surface area contributed by atoms with Crippen molar-refractivity contribution in [1.82, 2.24) is 9.91 Å². The summed E-state index contributed by atoms with van der Waals surface area (Å²) < 4.78 is 0. The van der Waals surface area contributed by atoms with E-state index in [4.69, 9.17) is 5.53 Å². The van der Waals surface area contributed by atoms with Gasteiger partial charge in [-0.25, -0.2) is 5.01 Å². The lowest BCUT2D eigenvalue weighted by Gasteiger charge is -2.37. The maximum atomic E-state index is 6.96. The number of hydrogen-bond donors (Lipinski definition) is 1. The van der Waals surface area contributed by atoms with E-state index in [1.54, 1.807) is 5.01 Å². The predicted molar refractivity (Wildman–Crippen MR) is 45.0 cm³/mol. The van der Waals surface area contributed by atoms with Gasteiger partial charge in [-0.1, -0.05) is 5.22 Å². The zero-order chi connectivity index (χ0) is 8.39. The molecule has 0 aromatic rings. The van der Waals surface area contributed by atoms with Gasteiger partial charge in [0.15, 0.2) is 0 Å². The second-order valence-electron chi connectivity index (χ2n) is 3.10. The van der Waals surface area contributed by atoms with Gasteiger partial charge in [0.25, 0.3) is 0 Å². The highest BCUT2D eigenvalue weighted by Crippen LogP contribution is 2.13. The Morgan fingerprint density at radius 1 is 1.25 bits per heavy atom. The van der Waals surface area contributed by atoms with Crippen molar-refractivity contribution in [3.63, 3.8) is 0 Å². The van der Waals surface area contributed by atoms with E-state index < -0.39 is 0 Å². The van der Waals surface area contributed by atoms with Crippen LogP contribution in [0.25, 0.3) is 0 Å². The molecule has 0 radical (unpaired) electrons. The van der Waals surface area contributed by atoms with Gasteiger partial charge < -0.3 is 4.90 Å². The molecule has 0 spiro atoms. The molecule has 1 saturated heterocycles. The minimum atomic E-state index is 0.846. The largest absolute Gasteiger partial charge is 0.341 e. The monoisotopic (exact) mass is 167 g/mol. The molecule has 66 valence electrons. The maximum Gasteiger partial charge on any atom is 0.218 e. The first-order valence-corrected chi connectivity index (χ1v) is 4.36. The van der Waals surface area contributed by atoms with Crippen molar-refractivity contribution in [2.75, 3.05) is 26.2 Å². The minimum absolute atomic E-state index is 0.846. The van der Waals surface area contributed by atoms with E-state index in [0.29, 0.717) is 0 Å². The van der Waals surface area contributed by atoms with E-state index in [2.05, 4.69) is 15.1 Å². The van der Waals surface area contributed by atoms with Crippen molar-refractivity contribution in [2.45, 2.75) is 12.8 Å². The Morgan fingerprint density at radius 3 is 2.92 bits per heavy atom. The van der Waals surface area contributed by atoms with Crippen molar-refractivity contribution in [3.8, 4) is 0 Å². The number of rotatable bonds is 1. The first-order chi connectivity index (χ1) is 5.92. The zero-order valence-corrected chi connectivity index (χ0v) is 7.03. The van der Waals surface area contributed by atoms with Gasteiger partial charge in [0.1, 0.15) is 0 Å². The molecule has 2 aliphatic heterocycles. The highest BCUT2D eigenvalue weighted by molar-refractivity contribution is 5.80. The van der Waals surface area contributed by atoms with Crippen molar-refractivity contribution >= 4 is 5.96 Å². The minimum Gasteiger partial charge on any atom is -0.341 e. The van der Waals surface area contributed by atoms with Crippen LogP contribution in [0.2, 0.25) is 0 Å². The second-order valence-corrected chi connectivity index (χ2v) is 3.10. The number of hydrogen-bond acceptors (Lipinski definition) is 4. The van der Waals surface area contributed by atoms with Gasteiger partial charge >= 0.3 is 0 Å². The first-order valence-electron chi connectivity index (χ1n) is 4.36. The maximum absolute atomic E-state index is 6.96. The van der Waals surface area contributed by atoms with Gasteiger partial charge in [0, 0.05) is 26.2 Å². The molecule has 0 saturated carbocycles. The molecule has 5 heteroatoms. The van der Waals surface area contributed by atoms with Crippen LogP contribution in [0.15, 0.2) is 10.2 Å². The molecule has 2 aliphatic rings. The lowest BCUT2D eigenvalue weighted by Crippen LogP contribution is -2.50. The molecule has 0 bridgehead atoms. The molecule has 5 nitrogen and oxygen atoms in total. The Bertz CT molecular complexity index is 212. The fraction of sp³-hybridized carbons (Fsp3) is 0.857. The third-order valence-electron chi connectivity index (χ3n) is 2.27. The smallest absolute Gasteiger partial charge is 0.218 e. The van der Waals surface area contributed by atoms with Crippen LogP contribution in [0.5, 0.6) is 0 Å². The topological polar surface area (TPSA) is 55.1 Å². The third kappa shape index (κ3) is 1.15. The van der Waals surface area contributed by atoms with Crippen LogP contribution in [0, 0.1) is 5.53 Å². The van der Waals surface area contributed by atoms with Gasteiger partial charge in [-0.05, 0) is 12.8 Å². The molecular formula is C7H13N5. The number of nitrogens with one attached hydrogen (secondary N) is 1. The van der Waals surface area contributed by atoms with Crippen molar-refractivity contribution in [3.05, 3.63) is 0 Å². The van der Waals surface area contributed by atoms with Crippen molar-refractivity contribution in [2.24, 2.45) is 10.2 Å². The van der Waals surface area contributed by atoms with Crippen LogP contribution >= 0.6 is 0 Å². The fourth-order valence-electron chi connectivity index (χ4n) is 1.70. The summed E-state index contributed by atoms with van der Waals surface area (Å²) in [4.78, 5) is 6.57. The summed E-state index contributed by atoms with van der Waals surface area (Å²) in [6.45, 7) is 3.88. The Kier molecular flexibility index (Phi) is 1.93. The van der Waals surface area contributed by atoms with Gasteiger partial charge in [-0.2, -0.15) is 5.53 Å². The normalized spacial score (nSPS) is 23.2. The van der Waals surface area contributed by atoms with Crippen LogP contribution in [0.3, 0.4) is 0 Å². The number of nitrogens with zero attached hydrogens (tertiary/aromatic N) is 4. The van der Waals surface area contributed by atoms with Crippen molar-refractivity contribution in [1.29, 1.82) is 5.53 Å². The van der Waals surface area contributed by atoms with Gasteiger partial charge in [-0.15, -0.1) is 0 Å². The summed E-state index contributed by atoms with van der Waals surface area (Å²) in [6.07, 6.45) is 2.22. The molecule has 0 atom stereocenters. The number of aliphatic imine (C=N–C) groups is 1. The van der Waals surface area contributed by atoms with E-state index in [1.165, 1.54) is 0 Å². The number of fused-ring (bicyclic) bond motifs is 1. The van der Waals surface area contributed by atoms with Crippen molar-refractivity contribution < 1.29 is 0 Å². The summed E-state index contributed by atoms with van der Waals surface area (Å²) in [5, 5.41) is 5.13. The highest BCUT2D eigenvalue weighted by Gasteiger charge is 2.24. The molecule has 0 aliphatic carbocycles. The summed E-state index contributed by atoms with van der Waals surface area (Å²) in [5.74, 6) is 0.905. The standard InChI is InChI=1S/C7H13N5/c8-10-12-6-2-5-11-4-1-3-9-7(11)12/h8H,1-6H2. The van der Waals surface area contributed by atoms with Crippen LogP contribution in [-0.2, 0) is 0 Å². The Hall–Kier alpha value is -1.13. The Balaban J connectivity index is 2.17. The average Bonchev–Trinajstić information content (AvgIpc) is 2.17. The molecule has 12 heavy (non-hydrogen) atoms. The van der Waals surface area contributed by atoms with E-state index in [-0.39, 0.29) is 0 Å². The molecule has 2 heterocycles. The predicted octanol–water partition coefficient (Wildman–Crippen LogP) is 0.700. The Morgan fingerprint density at radius 2 is 2.08 bits per heavy atom. The molecule has 0 aromatic heterocycles.